The van der Waals surface area contributed by atoms with Gasteiger partial charge in [-0.1, -0.05) is 12.1 Å². The average Bonchev–Trinajstić information content (AvgIpc) is 3.56. The van der Waals surface area contributed by atoms with Crippen molar-refractivity contribution in [1.82, 2.24) is 15.1 Å². The van der Waals surface area contributed by atoms with E-state index in [1.165, 1.54) is 19.3 Å². The number of nitrogens with one attached hydrogen (secondary N) is 1. The number of halogens is 1. The first-order valence-electron chi connectivity index (χ1n) is 10.5. The molecule has 7 heteroatoms. The first kappa shape index (κ1) is 23.9. The molecule has 6 nitrogen and oxygen atoms in total. The molecule has 1 aromatic rings. The molecule has 2 aliphatic rings. The van der Waals surface area contributed by atoms with Crippen LogP contribution in [0.3, 0.4) is 0 Å². The number of amides is 1. The summed E-state index contributed by atoms with van der Waals surface area (Å²) in [4.78, 5) is 21.1. The van der Waals surface area contributed by atoms with Crippen LogP contribution in [-0.2, 0) is 11.3 Å². The second-order valence-electron chi connectivity index (χ2n) is 7.89. The highest BCUT2D eigenvalue weighted by Gasteiger charge is 2.21. The molecule has 1 saturated carbocycles. The minimum atomic E-state index is 0. The lowest BCUT2D eigenvalue weighted by molar-refractivity contribution is 0.0724. The summed E-state index contributed by atoms with van der Waals surface area (Å²) in [6.07, 6.45) is 6.09. The van der Waals surface area contributed by atoms with Crippen molar-refractivity contribution in [3.05, 3.63) is 35.4 Å². The number of ether oxygens (including phenoxy) is 1. The van der Waals surface area contributed by atoms with E-state index in [4.69, 9.17) is 4.74 Å². The summed E-state index contributed by atoms with van der Waals surface area (Å²) >= 11 is 0. The molecular weight excluding hydrogens is 479 g/mol. The summed E-state index contributed by atoms with van der Waals surface area (Å²) in [6, 6.07) is 7.92. The van der Waals surface area contributed by atoms with E-state index in [2.05, 4.69) is 15.2 Å². The third-order valence-electron chi connectivity index (χ3n) is 5.46. The van der Waals surface area contributed by atoms with Crippen molar-refractivity contribution in [2.24, 2.45) is 10.9 Å². The van der Waals surface area contributed by atoms with Crippen LogP contribution in [0.5, 0.6) is 0 Å². The van der Waals surface area contributed by atoms with E-state index in [1.807, 2.05) is 36.2 Å². The summed E-state index contributed by atoms with van der Waals surface area (Å²) in [5.74, 6) is 1.78. The van der Waals surface area contributed by atoms with Gasteiger partial charge in [0, 0.05) is 52.4 Å². The topological polar surface area (TPSA) is 57.2 Å². The van der Waals surface area contributed by atoms with Crippen LogP contribution in [0, 0.1) is 5.92 Å². The third kappa shape index (κ3) is 7.77. The molecular formula is C22H35IN4O2. The van der Waals surface area contributed by atoms with Gasteiger partial charge in [0.15, 0.2) is 5.96 Å². The maximum Gasteiger partial charge on any atom is 0.253 e. The number of nitrogens with zero attached hydrogens (tertiary/aromatic N) is 3. The molecule has 3 rings (SSSR count). The molecule has 0 bridgehead atoms. The van der Waals surface area contributed by atoms with E-state index in [0.29, 0.717) is 13.2 Å². The van der Waals surface area contributed by atoms with E-state index < -0.39 is 0 Å². The van der Waals surface area contributed by atoms with Crippen LogP contribution in [0.4, 0.5) is 0 Å². The van der Waals surface area contributed by atoms with Gasteiger partial charge in [-0.05, 0) is 55.7 Å². The normalized spacial score (nSPS) is 16.9. The first-order chi connectivity index (χ1) is 13.7. The highest BCUT2D eigenvalue weighted by Crippen LogP contribution is 2.28. The van der Waals surface area contributed by atoms with Gasteiger partial charge in [0.1, 0.15) is 0 Å². The number of benzene rings is 1. The maximum atomic E-state index is 12.7. The Morgan fingerprint density at radius 2 is 2.03 bits per heavy atom. The van der Waals surface area contributed by atoms with Crippen LogP contribution in [0.2, 0.25) is 0 Å². The molecule has 0 aromatic heterocycles. The molecule has 0 atom stereocenters. The van der Waals surface area contributed by atoms with Gasteiger partial charge in [0.05, 0.1) is 6.61 Å². The Morgan fingerprint density at radius 1 is 1.28 bits per heavy atom. The van der Waals surface area contributed by atoms with Gasteiger partial charge in [0.25, 0.3) is 5.91 Å². The zero-order chi connectivity index (χ0) is 19.8. The number of hydrogen-bond acceptors (Lipinski definition) is 3. The van der Waals surface area contributed by atoms with Crippen molar-refractivity contribution < 1.29 is 9.53 Å². The van der Waals surface area contributed by atoms with Crippen molar-refractivity contribution in [2.75, 3.05) is 46.9 Å². The number of carbonyl (C=O) groups excluding carboxylic acids is 1. The fraction of sp³-hybridized carbons (Fsp3) is 0.636. The standard InChI is InChI=1S/C22H34N4O2.HI/c1-23-22(25(2)13-14-28-17-18-9-10-18)24-16-19-7-6-8-20(15-19)21(27)26-11-4-3-5-12-26;/h6-8,15,18H,3-5,9-14,16-17H2,1-2H3,(H,23,24);1H. The van der Waals surface area contributed by atoms with Crippen LogP contribution in [0.25, 0.3) is 0 Å². The van der Waals surface area contributed by atoms with E-state index >= 15 is 0 Å². The molecule has 0 radical (unpaired) electrons. The molecule has 1 saturated heterocycles. The second-order valence-corrected chi connectivity index (χ2v) is 7.89. The van der Waals surface area contributed by atoms with Crippen LogP contribution in [-0.4, -0.2) is 68.6 Å². The van der Waals surface area contributed by atoms with Gasteiger partial charge < -0.3 is 19.9 Å². The zero-order valence-corrected chi connectivity index (χ0v) is 20.1. The smallest absolute Gasteiger partial charge is 0.253 e. The maximum absolute atomic E-state index is 12.7. The molecule has 1 aromatic carbocycles. The van der Waals surface area contributed by atoms with Crippen molar-refractivity contribution in [2.45, 2.75) is 38.6 Å². The molecule has 1 amide bonds. The lowest BCUT2D eigenvalue weighted by Gasteiger charge is -2.27. The van der Waals surface area contributed by atoms with Crippen molar-refractivity contribution in [3.63, 3.8) is 0 Å². The van der Waals surface area contributed by atoms with Gasteiger partial charge in [-0.15, -0.1) is 24.0 Å². The third-order valence-corrected chi connectivity index (χ3v) is 5.46. The zero-order valence-electron chi connectivity index (χ0n) is 17.7. The van der Waals surface area contributed by atoms with E-state index in [9.17, 15) is 4.79 Å². The predicted octanol–water partition coefficient (Wildman–Crippen LogP) is 3.36. The van der Waals surface area contributed by atoms with Crippen LogP contribution < -0.4 is 5.32 Å². The van der Waals surface area contributed by atoms with Gasteiger partial charge in [-0.25, -0.2) is 0 Å². The molecule has 0 spiro atoms. The summed E-state index contributed by atoms with van der Waals surface area (Å²) < 4.78 is 5.72. The number of rotatable bonds is 8. The summed E-state index contributed by atoms with van der Waals surface area (Å²) in [7, 11) is 3.81. The second kappa shape index (κ2) is 12.4. The number of likely N-dealkylation sites (N-methyl/N-ethyl adjacent to an activating group) is 1. The Bertz CT molecular complexity index is 673. The van der Waals surface area contributed by atoms with E-state index in [-0.39, 0.29) is 29.9 Å². The van der Waals surface area contributed by atoms with E-state index in [0.717, 1.165) is 62.1 Å². The Morgan fingerprint density at radius 3 is 2.72 bits per heavy atom. The molecule has 29 heavy (non-hydrogen) atoms. The highest BCUT2D eigenvalue weighted by molar-refractivity contribution is 14.0. The summed E-state index contributed by atoms with van der Waals surface area (Å²) in [5.41, 5.74) is 1.86. The molecule has 0 unspecified atom stereocenters. The van der Waals surface area contributed by atoms with Gasteiger partial charge in [0.2, 0.25) is 0 Å². The summed E-state index contributed by atoms with van der Waals surface area (Å²) in [6.45, 7) is 4.80. The minimum Gasteiger partial charge on any atom is -0.379 e. The average molecular weight is 514 g/mol. The van der Waals surface area contributed by atoms with Crippen molar-refractivity contribution in [3.8, 4) is 0 Å². The Kier molecular flexibility index (Phi) is 10.2. The van der Waals surface area contributed by atoms with Gasteiger partial charge >= 0.3 is 0 Å². The van der Waals surface area contributed by atoms with Gasteiger partial charge in [-0.2, -0.15) is 0 Å². The van der Waals surface area contributed by atoms with Crippen LogP contribution >= 0.6 is 24.0 Å². The lowest BCUT2D eigenvalue weighted by atomic mass is 10.1. The molecule has 1 heterocycles. The Balaban J connectivity index is 0.00000300. The number of hydrogen-bond donors (Lipinski definition) is 1. The van der Waals surface area contributed by atoms with Crippen LogP contribution in [0.15, 0.2) is 29.3 Å². The number of guanidine groups is 1. The molecule has 1 aliphatic heterocycles. The monoisotopic (exact) mass is 514 g/mol. The minimum absolute atomic E-state index is 0. The fourth-order valence-corrected chi connectivity index (χ4v) is 3.50. The van der Waals surface area contributed by atoms with Crippen molar-refractivity contribution >= 4 is 35.8 Å². The molecule has 162 valence electrons. The van der Waals surface area contributed by atoms with E-state index in [1.54, 1.807) is 7.05 Å². The number of piperidine rings is 1. The number of aliphatic imine (C=N–C) groups is 1. The van der Waals surface area contributed by atoms with Crippen LogP contribution in [0.1, 0.15) is 48.0 Å². The molecule has 1 aliphatic carbocycles. The van der Waals surface area contributed by atoms with Crippen molar-refractivity contribution in [1.29, 1.82) is 0 Å². The van der Waals surface area contributed by atoms with Gasteiger partial charge in [-0.3, -0.25) is 9.79 Å². The Labute approximate surface area is 192 Å². The highest BCUT2D eigenvalue weighted by atomic mass is 127. The SMILES string of the molecule is CN=C(NCc1cccc(C(=O)N2CCCCC2)c1)N(C)CCOCC1CC1.I. The number of carbonyl (C=O) groups is 1. The molecule has 1 N–H and O–H groups in total. The first-order valence-corrected chi connectivity index (χ1v) is 10.5. The Hall–Kier alpha value is -1.35. The summed E-state index contributed by atoms with van der Waals surface area (Å²) in [5, 5.41) is 3.39. The fourth-order valence-electron chi connectivity index (χ4n) is 3.50. The lowest BCUT2D eigenvalue weighted by Crippen LogP contribution is -2.40. The predicted molar refractivity (Wildman–Crippen MR) is 128 cm³/mol. The quantitative estimate of drug-likeness (QED) is 0.250. The number of likely N-dealkylation sites (tertiary alicyclic amines) is 1. The molecule has 2 fully saturated rings. The largest absolute Gasteiger partial charge is 0.379 e.